The predicted octanol–water partition coefficient (Wildman–Crippen LogP) is 3.92. The van der Waals surface area contributed by atoms with Crippen molar-refractivity contribution in [3.05, 3.63) is 57.6 Å². The molecule has 3 N–H and O–H groups in total. The number of aliphatic hydroxyl groups is 1. The summed E-state index contributed by atoms with van der Waals surface area (Å²) in [5.41, 5.74) is 3.81. The van der Waals surface area contributed by atoms with E-state index in [1.807, 2.05) is 24.3 Å². The quantitative estimate of drug-likeness (QED) is 0.587. The van der Waals surface area contributed by atoms with E-state index < -0.39 is 11.5 Å². The Morgan fingerprint density at radius 3 is 1.52 bits per heavy atom. The van der Waals surface area contributed by atoms with Gasteiger partial charge in [-0.2, -0.15) is 0 Å². The van der Waals surface area contributed by atoms with Gasteiger partial charge in [0.25, 0.3) is 0 Å². The topological polar surface area (TPSA) is 88.4 Å². The van der Waals surface area contributed by atoms with E-state index in [1.54, 1.807) is 28.3 Å². The van der Waals surface area contributed by atoms with Crippen LogP contribution in [0.5, 0.6) is 11.5 Å². The molecule has 29 heavy (non-hydrogen) atoms. The first-order chi connectivity index (χ1) is 13.7. The van der Waals surface area contributed by atoms with Crippen LogP contribution in [-0.4, -0.2) is 36.6 Å². The first-order valence-electron chi connectivity index (χ1n) is 9.53. The Bertz CT molecular complexity index is 814. The third kappa shape index (κ3) is 4.90. The van der Waals surface area contributed by atoms with E-state index in [-0.39, 0.29) is 31.3 Å². The smallest absolute Gasteiger partial charge is 0.126 e. The van der Waals surface area contributed by atoms with Gasteiger partial charge in [-0.25, -0.2) is 0 Å². The number of methoxy groups -OCH3 is 3. The van der Waals surface area contributed by atoms with E-state index >= 15 is 0 Å². The lowest BCUT2D eigenvalue weighted by atomic mass is 9.75. The fraction of sp³-hybridized carbons (Fsp3) is 0.478. The van der Waals surface area contributed by atoms with Gasteiger partial charge in [0.1, 0.15) is 11.5 Å². The van der Waals surface area contributed by atoms with Gasteiger partial charge >= 0.3 is 0 Å². The molecule has 2 aromatic carbocycles. The highest BCUT2D eigenvalue weighted by Crippen LogP contribution is 2.40. The molecule has 6 nitrogen and oxygen atoms in total. The number of ether oxygens (including phenoxy) is 3. The SMILES string of the molecule is COCc1cc(C(C)(C)c2cc(COC)c(O)c(C(C)O)c2)cc(COC)c1O. The van der Waals surface area contributed by atoms with Crippen molar-refractivity contribution < 1.29 is 29.5 Å². The normalized spacial score (nSPS) is 12.9. The molecule has 2 aromatic rings. The molecule has 0 aromatic heterocycles. The highest BCUT2D eigenvalue weighted by Gasteiger charge is 2.28. The zero-order valence-electron chi connectivity index (χ0n) is 18.1. The number of aliphatic hydroxyl groups excluding tert-OH is 1. The molecule has 160 valence electrons. The van der Waals surface area contributed by atoms with Crippen LogP contribution in [0, 0.1) is 0 Å². The second-order valence-corrected chi connectivity index (χ2v) is 7.82. The fourth-order valence-corrected chi connectivity index (χ4v) is 3.48. The molecule has 0 saturated carbocycles. The molecular weight excluding hydrogens is 372 g/mol. The summed E-state index contributed by atoms with van der Waals surface area (Å²) < 4.78 is 15.7. The number of benzene rings is 2. The molecule has 0 radical (unpaired) electrons. The van der Waals surface area contributed by atoms with Crippen molar-refractivity contribution in [3.8, 4) is 11.5 Å². The van der Waals surface area contributed by atoms with Crippen LogP contribution >= 0.6 is 0 Å². The van der Waals surface area contributed by atoms with Crippen LogP contribution in [0.4, 0.5) is 0 Å². The second-order valence-electron chi connectivity index (χ2n) is 7.82. The summed E-state index contributed by atoms with van der Waals surface area (Å²) in [7, 11) is 4.73. The van der Waals surface area contributed by atoms with Crippen LogP contribution in [0.2, 0.25) is 0 Å². The van der Waals surface area contributed by atoms with E-state index in [4.69, 9.17) is 14.2 Å². The maximum absolute atomic E-state index is 10.5. The molecule has 1 atom stereocenters. The molecule has 6 heteroatoms. The van der Waals surface area contributed by atoms with Gasteiger partial charge in [0.2, 0.25) is 0 Å². The van der Waals surface area contributed by atoms with E-state index in [0.717, 1.165) is 11.1 Å². The average molecular weight is 405 g/mol. The molecule has 0 amide bonds. The highest BCUT2D eigenvalue weighted by atomic mass is 16.5. The van der Waals surface area contributed by atoms with Crippen LogP contribution in [-0.2, 0) is 39.4 Å². The minimum atomic E-state index is -0.825. The maximum Gasteiger partial charge on any atom is 0.126 e. The van der Waals surface area contributed by atoms with E-state index in [2.05, 4.69) is 13.8 Å². The zero-order valence-corrected chi connectivity index (χ0v) is 18.1. The van der Waals surface area contributed by atoms with E-state index in [9.17, 15) is 15.3 Å². The van der Waals surface area contributed by atoms with Crippen LogP contribution in [0.1, 0.15) is 60.3 Å². The largest absolute Gasteiger partial charge is 0.507 e. The Morgan fingerprint density at radius 1 is 0.759 bits per heavy atom. The van der Waals surface area contributed by atoms with Crippen molar-refractivity contribution in [2.24, 2.45) is 0 Å². The third-order valence-corrected chi connectivity index (χ3v) is 5.28. The van der Waals surface area contributed by atoms with E-state index in [1.165, 1.54) is 0 Å². The summed E-state index contributed by atoms with van der Waals surface area (Å²) in [6.45, 7) is 6.51. The summed E-state index contributed by atoms with van der Waals surface area (Å²) in [6, 6.07) is 7.55. The Balaban J connectivity index is 2.68. The second kappa shape index (κ2) is 9.59. The molecule has 0 aliphatic rings. The van der Waals surface area contributed by atoms with Crippen LogP contribution < -0.4 is 0 Å². The number of hydrogen-bond acceptors (Lipinski definition) is 6. The monoisotopic (exact) mass is 404 g/mol. The zero-order chi connectivity index (χ0) is 21.8. The van der Waals surface area contributed by atoms with Crippen molar-refractivity contribution in [3.63, 3.8) is 0 Å². The molecule has 0 aliphatic heterocycles. The molecule has 0 fully saturated rings. The van der Waals surface area contributed by atoms with Gasteiger partial charge in [-0.3, -0.25) is 0 Å². The summed E-state index contributed by atoms with van der Waals surface area (Å²) in [4.78, 5) is 0. The van der Waals surface area contributed by atoms with E-state index in [0.29, 0.717) is 22.3 Å². The predicted molar refractivity (Wildman–Crippen MR) is 111 cm³/mol. The van der Waals surface area contributed by atoms with Crippen molar-refractivity contribution in [1.29, 1.82) is 0 Å². The maximum atomic E-state index is 10.5. The number of hydrogen-bond donors (Lipinski definition) is 3. The van der Waals surface area contributed by atoms with Gasteiger partial charge in [0, 0.05) is 49.0 Å². The highest BCUT2D eigenvalue weighted by molar-refractivity contribution is 5.52. The Morgan fingerprint density at radius 2 is 1.14 bits per heavy atom. The van der Waals surface area contributed by atoms with Gasteiger partial charge < -0.3 is 29.5 Å². The summed E-state index contributed by atoms with van der Waals surface area (Å²) in [5.74, 6) is 0.218. The molecular formula is C23H32O6. The van der Waals surface area contributed by atoms with Crippen molar-refractivity contribution in [2.75, 3.05) is 21.3 Å². The van der Waals surface area contributed by atoms with Crippen molar-refractivity contribution in [1.82, 2.24) is 0 Å². The van der Waals surface area contributed by atoms with Crippen LogP contribution in [0.25, 0.3) is 0 Å². The summed E-state index contributed by atoms with van der Waals surface area (Å²) in [6.07, 6.45) is -0.825. The summed E-state index contributed by atoms with van der Waals surface area (Å²) >= 11 is 0. The standard InChI is InChI=1S/C23H32O6/c1-14(24)20-10-19(9-17(13-29-6)22(20)26)23(2,3)18-7-15(11-27-4)21(25)16(8-18)12-28-5/h7-10,14,24-26H,11-13H2,1-6H3. The lowest BCUT2D eigenvalue weighted by Gasteiger charge is -2.29. The van der Waals surface area contributed by atoms with Gasteiger partial charge in [-0.15, -0.1) is 0 Å². The number of aromatic hydroxyl groups is 2. The van der Waals surface area contributed by atoms with Crippen LogP contribution in [0.3, 0.4) is 0 Å². The Kier molecular flexibility index (Phi) is 7.66. The molecule has 0 spiro atoms. The first kappa shape index (κ1) is 23.2. The Labute approximate surface area is 172 Å². The number of phenolic OH excluding ortho intramolecular Hbond substituents is 2. The molecule has 0 aliphatic carbocycles. The molecule has 1 unspecified atom stereocenters. The molecule has 0 heterocycles. The van der Waals surface area contributed by atoms with Gasteiger partial charge in [-0.1, -0.05) is 13.8 Å². The van der Waals surface area contributed by atoms with Gasteiger partial charge in [0.05, 0.1) is 25.9 Å². The minimum absolute atomic E-state index is 0.0484. The van der Waals surface area contributed by atoms with Gasteiger partial charge in [0.15, 0.2) is 0 Å². The first-order valence-corrected chi connectivity index (χ1v) is 9.53. The number of rotatable bonds is 9. The van der Waals surface area contributed by atoms with Crippen LogP contribution in [0.15, 0.2) is 24.3 Å². The lowest BCUT2D eigenvalue weighted by molar-refractivity contribution is 0.174. The number of phenols is 2. The molecule has 0 saturated heterocycles. The minimum Gasteiger partial charge on any atom is -0.507 e. The fourth-order valence-electron chi connectivity index (χ4n) is 3.48. The molecule has 2 rings (SSSR count). The van der Waals surface area contributed by atoms with Gasteiger partial charge in [-0.05, 0) is 42.3 Å². The van der Waals surface area contributed by atoms with Crippen molar-refractivity contribution >= 4 is 0 Å². The Hall–Kier alpha value is -2.12. The summed E-state index contributed by atoms with van der Waals surface area (Å²) in [5, 5.41) is 31.2. The molecule has 0 bridgehead atoms. The third-order valence-electron chi connectivity index (χ3n) is 5.28. The lowest BCUT2D eigenvalue weighted by Crippen LogP contribution is -2.21. The van der Waals surface area contributed by atoms with Crippen molar-refractivity contribution in [2.45, 2.75) is 52.1 Å². The average Bonchev–Trinajstić information content (AvgIpc) is 2.66.